The topological polar surface area (TPSA) is 89.7 Å². The quantitative estimate of drug-likeness (QED) is 0.396. The number of nitrogens with zero attached hydrogens (tertiary/aromatic N) is 1. The normalized spacial score (nSPS) is 22.5. The fraction of sp³-hybridized carbons (Fsp3) is 0.174. The smallest absolute Gasteiger partial charge is 0.247 e. The Morgan fingerprint density at radius 1 is 0.931 bits per heavy atom. The van der Waals surface area contributed by atoms with Gasteiger partial charge in [0.15, 0.2) is 0 Å². The van der Waals surface area contributed by atoms with Crippen LogP contribution in [-0.4, -0.2) is 28.0 Å². The molecule has 0 bridgehead atoms. The molecule has 1 N–H and O–H groups in total. The summed E-state index contributed by atoms with van der Waals surface area (Å²) in [6.45, 7) is -0.731. The molecule has 1 aliphatic rings. The lowest BCUT2D eigenvalue weighted by Gasteiger charge is -2.37. The number of benzene rings is 3. The lowest BCUT2D eigenvalue weighted by Crippen LogP contribution is -2.61. The zero-order valence-corrected chi connectivity index (χ0v) is 15.5. The molecule has 0 saturated heterocycles. The highest BCUT2D eigenvalue weighted by Crippen LogP contribution is 2.51. The zero-order chi connectivity index (χ0) is 20.5. The molecule has 4 rings (SSSR count). The average Bonchev–Trinajstić information content (AvgIpc) is 2.97. The molecule has 2 atom stereocenters. The van der Waals surface area contributed by atoms with Crippen molar-refractivity contribution in [1.82, 2.24) is 0 Å². The predicted molar refractivity (Wildman–Crippen MR) is 106 cm³/mol. The van der Waals surface area contributed by atoms with Gasteiger partial charge < -0.3 is 9.84 Å². The van der Waals surface area contributed by atoms with E-state index in [-0.39, 0.29) is 23.3 Å². The van der Waals surface area contributed by atoms with E-state index >= 15 is 0 Å². The second-order valence-corrected chi connectivity index (χ2v) is 7.15. The number of hydrogen-bond acceptors (Lipinski definition) is 5. The highest BCUT2D eigenvalue weighted by molar-refractivity contribution is 6.05. The maximum atomic E-state index is 13.6. The van der Waals surface area contributed by atoms with Gasteiger partial charge in [0.25, 0.3) is 0 Å². The number of nitro groups is 1. The maximum Gasteiger partial charge on any atom is 0.247 e. The second kappa shape index (κ2) is 7.14. The minimum absolute atomic E-state index is 0.00142. The number of para-hydroxylation sites is 1. The molecule has 1 heterocycles. The molecule has 6 heteroatoms. The van der Waals surface area contributed by atoms with E-state index < -0.39 is 28.5 Å². The molecule has 0 aromatic heterocycles. The van der Waals surface area contributed by atoms with Gasteiger partial charge in [-0.1, -0.05) is 78.9 Å². The van der Waals surface area contributed by atoms with Crippen molar-refractivity contribution in [3.63, 3.8) is 0 Å². The van der Waals surface area contributed by atoms with Crippen LogP contribution in [0, 0.1) is 10.1 Å². The summed E-state index contributed by atoms with van der Waals surface area (Å²) in [5.41, 5.74) is -2.77. The number of ether oxygens (including phenoxy) is 1. The van der Waals surface area contributed by atoms with Crippen LogP contribution in [0.2, 0.25) is 0 Å². The summed E-state index contributed by atoms with van der Waals surface area (Å²) in [5, 5.41) is 23.6. The van der Waals surface area contributed by atoms with Gasteiger partial charge in [0.2, 0.25) is 23.5 Å². The Balaban J connectivity index is 1.92. The number of ketones is 1. The van der Waals surface area contributed by atoms with E-state index in [9.17, 15) is 20.0 Å². The van der Waals surface area contributed by atoms with Gasteiger partial charge in [0, 0.05) is 22.5 Å². The fourth-order valence-corrected chi connectivity index (χ4v) is 4.01. The average molecular weight is 389 g/mol. The van der Waals surface area contributed by atoms with Crippen LogP contribution in [0.3, 0.4) is 0 Å². The minimum atomic E-state index is -2.21. The molecule has 0 amide bonds. The van der Waals surface area contributed by atoms with Crippen LogP contribution < -0.4 is 4.74 Å². The monoisotopic (exact) mass is 389 g/mol. The van der Waals surface area contributed by atoms with E-state index in [0.29, 0.717) is 0 Å². The van der Waals surface area contributed by atoms with Crippen molar-refractivity contribution in [3.05, 3.63) is 112 Å². The van der Waals surface area contributed by atoms with E-state index in [0.717, 1.165) is 5.56 Å². The predicted octanol–water partition coefficient (Wildman–Crippen LogP) is 3.41. The Hall–Kier alpha value is -3.51. The zero-order valence-electron chi connectivity index (χ0n) is 15.5. The Bertz CT molecular complexity index is 1050. The summed E-state index contributed by atoms with van der Waals surface area (Å²) in [4.78, 5) is 24.7. The van der Waals surface area contributed by atoms with Crippen molar-refractivity contribution in [1.29, 1.82) is 0 Å². The Labute approximate surface area is 167 Å². The van der Waals surface area contributed by atoms with Crippen LogP contribution in [0.4, 0.5) is 0 Å². The first-order valence-electron chi connectivity index (χ1n) is 9.23. The van der Waals surface area contributed by atoms with E-state index in [1.54, 1.807) is 78.9 Å². The second-order valence-electron chi connectivity index (χ2n) is 7.15. The number of rotatable bonds is 6. The minimum Gasteiger partial charge on any atom is -0.476 e. The van der Waals surface area contributed by atoms with Crippen LogP contribution in [0.25, 0.3) is 0 Å². The fourth-order valence-electron chi connectivity index (χ4n) is 4.01. The van der Waals surface area contributed by atoms with Crippen LogP contribution in [0.5, 0.6) is 5.75 Å². The molecule has 0 aliphatic carbocycles. The first-order valence-corrected chi connectivity index (χ1v) is 9.23. The summed E-state index contributed by atoms with van der Waals surface area (Å²) in [7, 11) is 0. The number of hydrogen-bond donors (Lipinski definition) is 1. The van der Waals surface area contributed by atoms with Gasteiger partial charge in [0.05, 0.1) is 0 Å². The molecule has 6 nitrogen and oxygen atoms in total. The third kappa shape index (κ3) is 3.07. The summed E-state index contributed by atoms with van der Waals surface area (Å²) in [6, 6.07) is 23.9. The molecule has 29 heavy (non-hydrogen) atoms. The van der Waals surface area contributed by atoms with Gasteiger partial charge in [-0.15, -0.1) is 0 Å². The number of Topliss-reactive ketones (excluding diaryl/α,β-unsaturated/α-hetero) is 1. The lowest BCUT2D eigenvalue weighted by molar-refractivity contribution is -0.503. The highest BCUT2D eigenvalue weighted by atomic mass is 16.6. The SMILES string of the molecule is O=C(c1ccccc1)C1(O)c2ccccc2OC1(Cc1ccccc1)C[N+](=O)[O-]. The number of carbonyl (C=O) groups excluding carboxylic acids is 1. The van der Waals surface area contributed by atoms with Crippen molar-refractivity contribution in [2.75, 3.05) is 6.54 Å². The molecular formula is C23H19NO5. The van der Waals surface area contributed by atoms with Gasteiger partial charge in [-0.25, -0.2) is 0 Å². The molecule has 0 spiro atoms. The molecule has 3 aromatic rings. The largest absolute Gasteiger partial charge is 0.476 e. The van der Waals surface area contributed by atoms with Crippen molar-refractivity contribution in [3.8, 4) is 5.75 Å². The van der Waals surface area contributed by atoms with Gasteiger partial charge in [-0.3, -0.25) is 14.9 Å². The van der Waals surface area contributed by atoms with E-state index in [1.165, 1.54) is 0 Å². The summed E-state index contributed by atoms with van der Waals surface area (Å²) >= 11 is 0. The van der Waals surface area contributed by atoms with E-state index in [2.05, 4.69) is 0 Å². The first kappa shape index (κ1) is 18.8. The molecule has 1 aliphatic heterocycles. The molecule has 0 saturated carbocycles. The Kier molecular flexibility index (Phi) is 4.64. The summed E-state index contributed by atoms with van der Waals surface area (Å²) < 4.78 is 6.06. The number of carbonyl (C=O) groups is 1. The highest BCUT2D eigenvalue weighted by Gasteiger charge is 2.66. The van der Waals surface area contributed by atoms with Crippen LogP contribution >= 0.6 is 0 Å². The summed E-state index contributed by atoms with van der Waals surface area (Å²) in [5.74, 6) is -0.349. The van der Waals surface area contributed by atoms with E-state index in [4.69, 9.17) is 4.74 Å². The van der Waals surface area contributed by atoms with Crippen LogP contribution in [-0.2, 0) is 12.0 Å². The van der Waals surface area contributed by atoms with Crippen LogP contribution in [0.1, 0.15) is 21.5 Å². The van der Waals surface area contributed by atoms with Gasteiger partial charge >= 0.3 is 0 Å². The molecular weight excluding hydrogens is 370 g/mol. The third-order valence-electron chi connectivity index (χ3n) is 5.32. The molecule has 146 valence electrons. The molecule has 0 radical (unpaired) electrons. The van der Waals surface area contributed by atoms with Gasteiger partial charge in [0.1, 0.15) is 5.75 Å². The van der Waals surface area contributed by atoms with Crippen LogP contribution in [0.15, 0.2) is 84.9 Å². The Morgan fingerprint density at radius 3 is 2.17 bits per heavy atom. The Morgan fingerprint density at radius 2 is 1.52 bits per heavy atom. The first-order chi connectivity index (χ1) is 14.0. The van der Waals surface area contributed by atoms with Crippen molar-refractivity contribution < 1.29 is 19.6 Å². The van der Waals surface area contributed by atoms with Gasteiger partial charge in [-0.05, 0) is 11.6 Å². The number of aliphatic hydroxyl groups is 1. The lowest BCUT2D eigenvalue weighted by atomic mass is 9.71. The van der Waals surface area contributed by atoms with Crippen molar-refractivity contribution >= 4 is 5.78 Å². The summed E-state index contributed by atoms with van der Waals surface area (Å²) in [6.07, 6.45) is -0.00142. The molecule has 2 unspecified atom stereocenters. The standard InChI is InChI=1S/C23H19NO5/c25-21(18-11-5-2-6-12-18)23(26)19-13-7-8-14-20(19)29-22(23,16-24(27)28)15-17-9-3-1-4-10-17/h1-14,26H,15-16H2. The molecule has 0 fully saturated rings. The third-order valence-corrected chi connectivity index (χ3v) is 5.32. The maximum absolute atomic E-state index is 13.6. The number of fused-ring (bicyclic) bond motifs is 1. The van der Waals surface area contributed by atoms with Crippen molar-refractivity contribution in [2.24, 2.45) is 0 Å². The molecule has 3 aromatic carbocycles. The van der Waals surface area contributed by atoms with E-state index in [1.807, 2.05) is 6.07 Å². The van der Waals surface area contributed by atoms with Crippen molar-refractivity contribution in [2.45, 2.75) is 17.6 Å². The van der Waals surface area contributed by atoms with Gasteiger partial charge in [-0.2, -0.15) is 0 Å².